The van der Waals surface area contributed by atoms with Gasteiger partial charge in [0.05, 0.1) is 0 Å². The molecule has 39 valence electrons. The number of hydrogen-bond acceptors (Lipinski definition) is 0. The van der Waals surface area contributed by atoms with Gasteiger partial charge in [0.2, 0.25) is 0 Å². The Bertz CT molecular complexity index is 138. The molecule has 0 saturated heterocycles. The first-order chi connectivity index (χ1) is 3.39. The molecule has 0 N–H and O–H groups in total. The second-order valence-electron chi connectivity index (χ2n) is 1.49. The third kappa shape index (κ3) is 2.40. The summed E-state index contributed by atoms with van der Waals surface area (Å²) in [5.41, 5.74) is 0. The Labute approximate surface area is 64.0 Å². The van der Waals surface area contributed by atoms with Crippen LogP contribution in [0.3, 0.4) is 0 Å². The van der Waals surface area contributed by atoms with E-state index in [1.165, 1.54) is 3.12 Å². The van der Waals surface area contributed by atoms with Crippen molar-refractivity contribution < 1.29 is 30.5 Å². The van der Waals surface area contributed by atoms with Gasteiger partial charge in [-0.1, -0.05) is 0 Å². The summed E-state index contributed by atoms with van der Waals surface area (Å²) in [7, 11) is 0. The Morgan fingerprint density at radius 3 is 1.75 bits per heavy atom. The molecule has 0 unspecified atom stereocenters. The molecule has 0 aliphatic rings. The van der Waals surface area contributed by atoms with Crippen LogP contribution in [0.25, 0.3) is 0 Å². The molecular weight excluding hydrogens is 203 g/mol. The van der Waals surface area contributed by atoms with Crippen molar-refractivity contribution in [1.82, 2.24) is 0 Å². The standard InChI is InChI=1S/C6H5.Cd.FH/c1-2-4-6-5-3-1;;/h1-5H;;1H. The van der Waals surface area contributed by atoms with E-state index in [2.05, 4.69) is 24.3 Å². The molecule has 0 radical (unpaired) electrons. The molecule has 0 nitrogen and oxygen atoms in total. The Morgan fingerprint density at radius 1 is 1.00 bits per heavy atom. The number of hydrogen-bond donors (Lipinski definition) is 0. The average Bonchev–Trinajstić information content (AvgIpc) is 1.69. The molecule has 0 spiro atoms. The topological polar surface area (TPSA) is 0 Å². The minimum atomic E-state index is 0. The molecule has 0 amide bonds. The number of halogens is 1. The maximum absolute atomic E-state index is 2.16. The van der Waals surface area contributed by atoms with Crippen molar-refractivity contribution in [3.63, 3.8) is 0 Å². The van der Waals surface area contributed by atoms with Gasteiger partial charge in [-0.3, -0.25) is 4.70 Å². The molecule has 1 aromatic carbocycles. The van der Waals surface area contributed by atoms with Gasteiger partial charge in [0.1, 0.15) is 0 Å². The van der Waals surface area contributed by atoms with E-state index in [1.807, 2.05) is 6.07 Å². The van der Waals surface area contributed by atoms with E-state index < -0.39 is 0 Å². The van der Waals surface area contributed by atoms with Crippen molar-refractivity contribution >= 4 is 3.12 Å². The molecule has 2 heteroatoms. The number of rotatable bonds is 0. The summed E-state index contributed by atoms with van der Waals surface area (Å²) in [5.74, 6) is 0. The summed E-state index contributed by atoms with van der Waals surface area (Å²) < 4.78 is 1.49. The summed E-state index contributed by atoms with van der Waals surface area (Å²) in [5, 5.41) is 0. The van der Waals surface area contributed by atoms with E-state index in [1.54, 1.807) is 0 Å². The zero-order valence-electron chi connectivity index (χ0n) is 4.50. The van der Waals surface area contributed by atoms with Crippen LogP contribution >= 0.6 is 0 Å². The van der Waals surface area contributed by atoms with Gasteiger partial charge in [0, 0.05) is 0 Å². The Kier molecular flexibility index (Phi) is 4.04. The van der Waals surface area contributed by atoms with E-state index in [-0.39, 0.29) is 4.70 Å². The molecule has 1 rings (SSSR count). The van der Waals surface area contributed by atoms with Crippen molar-refractivity contribution in [2.24, 2.45) is 0 Å². The third-order valence-electron chi connectivity index (χ3n) is 0.843. The van der Waals surface area contributed by atoms with Gasteiger partial charge in [-0.05, 0) is 0 Å². The quantitative estimate of drug-likeness (QED) is 0.560. The van der Waals surface area contributed by atoms with Gasteiger partial charge in [0.15, 0.2) is 0 Å². The molecule has 0 heterocycles. The summed E-state index contributed by atoms with van der Waals surface area (Å²) in [6, 6.07) is 10.5. The van der Waals surface area contributed by atoms with Crippen molar-refractivity contribution in [3.8, 4) is 0 Å². The molecule has 1 aromatic rings. The van der Waals surface area contributed by atoms with Crippen LogP contribution in [0.4, 0.5) is 4.70 Å². The second-order valence-corrected chi connectivity index (χ2v) is 3.82. The zero-order chi connectivity index (χ0) is 5.11. The van der Waals surface area contributed by atoms with E-state index in [0.29, 0.717) is 0 Å². The van der Waals surface area contributed by atoms with Crippen LogP contribution in [0.2, 0.25) is 0 Å². The fourth-order valence-electron chi connectivity index (χ4n) is 0.478. The van der Waals surface area contributed by atoms with Crippen LogP contribution in [-0.4, -0.2) is 0 Å². The molecule has 0 fully saturated rings. The Morgan fingerprint density at radius 2 is 1.50 bits per heavy atom. The van der Waals surface area contributed by atoms with E-state index in [4.69, 9.17) is 0 Å². The summed E-state index contributed by atoms with van der Waals surface area (Å²) >= 11 is 0.970. The van der Waals surface area contributed by atoms with Crippen molar-refractivity contribution in [2.45, 2.75) is 0 Å². The molecule has 0 aliphatic heterocycles. The van der Waals surface area contributed by atoms with Crippen molar-refractivity contribution in [3.05, 3.63) is 30.3 Å². The van der Waals surface area contributed by atoms with Gasteiger partial charge < -0.3 is 0 Å². The predicted molar refractivity (Wildman–Crippen MR) is 28.6 cm³/mol. The van der Waals surface area contributed by atoms with Gasteiger partial charge >= 0.3 is 59.2 Å². The van der Waals surface area contributed by atoms with Crippen molar-refractivity contribution in [1.29, 1.82) is 0 Å². The second kappa shape index (κ2) is 4.00. The van der Waals surface area contributed by atoms with Crippen LogP contribution in [0.15, 0.2) is 30.3 Å². The Balaban J connectivity index is 0.000000490. The summed E-state index contributed by atoms with van der Waals surface area (Å²) in [6.07, 6.45) is 0. The van der Waals surface area contributed by atoms with Crippen LogP contribution in [0.1, 0.15) is 0 Å². The molecule has 0 aromatic heterocycles. The molecule has 8 heavy (non-hydrogen) atoms. The molecule has 0 bridgehead atoms. The first kappa shape index (κ1) is 8.07. The fraction of sp³-hybridized carbons (Fsp3) is 0. The Hall–Kier alpha value is 0.0721. The molecular formula is C6H6CdF. The predicted octanol–water partition coefficient (Wildman–Crippen LogP) is 1.01. The monoisotopic (exact) mass is 211 g/mol. The van der Waals surface area contributed by atoms with Crippen molar-refractivity contribution in [2.75, 3.05) is 0 Å². The summed E-state index contributed by atoms with van der Waals surface area (Å²) in [4.78, 5) is 0. The first-order valence-corrected chi connectivity index (χ1v) is 4.28. The SMILES string of the molecule is F.[Cd][c]1ccccc1. The van der Waals surface area contributed by atoms with Crippen LogP contribution in [-0.2, 0) is 25.8 Å². The van der Waals surface area contributed by atoms with Gasteiger partial charge in [-0.2, -0.15) is 0 Å². The average molecular weight is 210 g/mol. The van der Waals surface area contributed by atoms with Crippen LogP contribution < -0.4 is 3.12 Å². The summed E-state index contributed by atoms with van der Waals surface area (Å²) in [6.45, 7) is 0. The maximum atomic E-state index is 2.16. The molecule has 0 saturated carbocycles. The van der Waals surface area contributed by atoms with Gasteiger partial charge in [-0.15, -0.1) is 0 Å². The van der Waals surface area contributed by atoms with E-state index >= 15 is 0 Å². The third-order valence-corrected chi connectivity index (χ3v) is 2.19. The van der Waals surface area contributed by atoms with Gasteiger partial charge in [-0.25, -0.2) is 0 Å². The van der Waals surface area contributed by atoms with Crippen LogP contribution in [0.5, 0.6) is 0 Å². The minimum absolute atomic E-state index is 0. The first-order valence-electron chi connectivity index (χ1n) is 2.26. The molecule has 0 aliphatic carbocycles. The van der Waals surface area contributed by atoms with Gasteiger partial charge in [0.25, 0.3) is 0 Å². The van der Waals surface area contributed by atoms with E-state index in [0.717, 1.165) is 25.8 Å². The van der Waals surface area contributed by atoms with E-state index in [9.17, 15) is 0 Å². The van der Waals surface area contributed by atoms with Crippen LogP contribution in [0, 0.1) is 0 Å². The fourth-order valence-corrected chi connectivity index (χ4v) is 1.25. The normalized spacial score (nSPS) is 7.75. The zero-order valence-corrected chi connectivity index (χ0v) is 8.54. The number of benzene rings is 1. The molecule has 0 atom stereocenters.